The molecule has 0 spiro atoms. The Morgan fingerprint density at radius 2 is 2.00 bits per heavy atom. The molecule has 0 bridgehead atoms. The number of carboxylic acids is 1. The highest BCUT2D eigenvalue weighted by atomic mass is 16.5. The number of nitrogens with zero attached hydrogens (tertiary/aromatic N) is 1. The molecule has 1 aromatic carbocycles. The number of carbonyl (C=O) groups excluding carboxylic acids is 1. The van der Waals surface area contributed by atoms with Gasteiger partial charge in [0.15, 0.2) is 6.61 Å². The molecule has 2 rings (SSSR count). The normalized spacial score (nSPS) is 15.6. The van der Waals surface area contributed by atoms with E-state index in [0.29, 0.717) is 12.2 Å². The monoisotopic (exact) mass is 249 g/mol. The lowest BCUT2D eigenvalue weighted by atomic mass is 10.1. The van der Waals surface area contributed by atoms with Crippen molar-refractivity contribution in [2.24, 2.45) is 0 Å². The molecule has 1 aliphatic heterocycles. The molecule has 1 saturated heterocycles. The Bertz CT molecular complexity index is 441. The third-order valence-electron chi connectivity index (χ3n) is 2.83. The SMILES string of the molecule is O=C(O)COc1ccc(N2CCCCC2=O)cc1. The highest BCUT2D eigenvalue weighted by Crippen LogP contribution is 2.23. The van der Waals surface area contributed by atoms with Gasteiger partial charge in [-0.3, -0.25) is 4.79 Å². The molecule has 0 saturated carbocycles. The number of carbonyl (C=O) groups is 2. The molecule has 0 aromatic heterocycles. The average Bonchev–Trinajstić information content (AvgIpc) is 2.38. The van der Waals surface area contributed by atoms with Gasteiger partial charge in [-0.05, 0) is 37.1 Å². The predicted molar refractivity (Wildman–Crippen MR) is 65.8 cm³/mol. The van der Waals surface area contributed by atoms with Gasteiger partial charge in [0.05, 0.1) is 0 Å². The highest BCUT2D eigenvalue weighted by Gasteiger charge is 2.19. The van der Waals surface area contributed by atoms with Crippen molar-refractivity contribution < 1.29 is 19.4 Å². The van der Waals surface area contributed by atoms with E-state index in [-0.39, 0.29) is 12.5 Å². The molecule has 1 aliphatic rings. The first-order chi connectivity index (χ1) is 8.66. The van der Waals surface area contributed by atoms with Crippen LogP contribution >= 0.6 is 0 Å². The fourth-order valence-corrected chi connectivity index (χ4v) is 1.95. The molecule has 1 heterocycles. The van der Waals surface area contributed by atoms with Crippen molar-refractivity contribution in [1.29, 1.82) is 0 Å². The van der Waals surface area contributed by atoms with E-state index in [2.05, 4.69) is 0 Å². The molecular weight excluding hydrogens is 234 g/mol. The summed E-state index contributed by atoms with van der Waals surface area (Å²) in [6.45, 7) is 0.385. The van der Waals surface area contributed by atoms with Crippen LogP contribution in [0.15, 0.2) is 24.3 Å². The number of hydrogen-bond donors (Lipinski definition) is 1. The maximum atomic E-state index is 11.7. The van der Waals surface area contributed by atoms with Crippen LogP contribution in [-0.2, 0) is 9.59 Å². The smallest absolute Gasteiger partial charge is 0.341 e. The van der Waals surface area contributed by atoms with Crippen molar-refractivity contribution in [3.05, 3.63) is 24.3 Å². The summed E-state index contributed by atoms with van der Waals surface area (Å²) < 4.78 is 5.03. The Morgan fingerprint density at radius 1 is 1.28 bits per heavy atom. The number of benzene rings is 1. The largest absolute Gasteiger partial charge is 0.482 e. The van der Waals surface area contributed by atoms with Gasteiger partial charge in [0.25, 0.3) is 0 Å². The van der Waals surface area contributed by atoms with Crippen molar-refractivity contribution in [2.45, 2.75) is 19.3 Å². The highest BCUT2D eigenvalue weighted by molar-refractivity contribution is 5.94. The molecule has 1 amide bonds. The average molecular weight is 249 g/mol. The zero-order chi connectivity index (χ0) is 13.0. The van der Waals surface area contributed by atoms with Crippen LogP contribution in [0.1, 0.15) is 19.3 Å². The van der Waals surface area contributed by atoms with E-state index in [9.17, 15) is 9.59 Å². The molecule has 0 unspecified atom stereocenters. The summed E-state index contributed by atoms with van der Waals surface area (Å²) in [5.41, 5.74) is 0.836. The maximum absolute atomic E-state index is 11.7. The summed E-state index contributed by atoms with van der Waals surface area (Å²) >= 11 is 0. The molecule has 0 aliphatic carbocycles. The number of aliphatic carboxylic acids is 1. The van der Waals surface area contributed by atoms with Gasteiger partial charge in [-0.1, -0.05) is 0 Å². The van der Waals surface area contributed by atoms with Gasteiger partial charge in [-0.25, -0.2) is 4.79 Å². The third kappa shape index (κ3) is 3.00. The Morgan fingerprint density at radius 3 is 2.61 bits per heavy atom. The standard InChI is InChI=1S/C13H15NO4/c15-12-3-1-2-8-14(12)10-4-6-11(7-5-10)18-9-13(16)17/h4-7H,1-3,8-9H2,(H,16,17). The van der Waals surface area contributed by atoms with Gasteiger partial charge in [0, 0.05) is 18.7 Å². The van der Waals surface area contributed by atoms with Gasteiger partial charge < -0.3 is 14.7 Å². The second-order valence-electron chi connectivity index (χ2n) is 4.18. The molecule has 1 aromatic rings. The summed E-state index contributed by atoms with van der Waals surface area (Å²) in [4.78, 5) is 23.8. The Balaban J connectivity index is 2.02. The lowest BCUT2D eigenvalue weighted by molar-refractivity contribution is -0.139. The first-order valence-corrected chi connectivity index (χ1v) is 5.92. The zero-order valence-corrected chi connectivity index (χ0v) is 9.96. The Kier molecular flexibility index (Phi) is 3.82. The number of piperidine rings is 1. The minimum atomic E-state index is -1.01. The predicted octanol–water partition coefficient (Wildman–Crippen LogP) is 1.67. The van der Waals surface area contributed by atoms with Crippen LogP contribution in [-0.4, -0.2) is 30.1 Å². The fraction of sp³-hybridized carbons (Fsp3) is 0.385. The molecule has 18 heavy (non-hydrogen) atoms. The van der Waals surface area contributed by atoms with Gasteiger partial charge in [-0.15, -0.1) is 0 Å². The van der Waals surface area contributed by atoms with Gasteiger partial charge in [0.2, 0.25) is 5.91 Å². The third-order valence-corrected chi connectivity index (χ3v) is 2.83. The zero-order valence-electron chi connectivity index (χ0n) is 9.96. The summed E-state index contributed by atoms with van der Waals surface area (Å²) in [6.07, 6.45) is 2.56. The second kappa shape index (κ2) is 5.53. The molecule has 0 atom stereocenters. The minimum absolute atomic E-state index is 0.139. The van der Waals surface area contributed by atoms with Crippen LogP contribution in [0.4, 0.5) is 5.69 Å². The summed E-state index contributed by atoms with van der Waals surface area (Å²) in [5.74, 6) is -0.378. The molecule has 5 nitrogen and oxygen atoms in total. The molecular formula is C13H15NO4. The Labute approximate surface area is 105 Å². The number of ether oxygens (including phenoxy) is 1. The summed E-state index contributed by atoms with van der Waals surface area (Å²) in [5, 5.41) is 8.49. The maximum Gasteiger partial charge on any atom is 0.341 e. The molecule has 1 fully saturated rings. The summed E-state index contributed by atoms with van der Waals surface area (Å²) in [7, 11) is 0. The van der Waals surface area contributed by atoms with Crippen molar-refractivity contribution in [3.8, 4) is 5.75 Å². The van der Waals surface area contributed by atoms with Crippen molar-refractivity contribution >= 4 is 17.6 Å². The first-order valence-electron chi connectivity index (χ1n) is 5.92. The van der Waals surface area contributed by atoms with E-state index in [1.165, 1.54) is 0 Å². The van der Waals surface area contributed by atoms with E-state index in [1.54, 1.807) is 29.2 Å². The minimum Gasteiger partial charge on any atom is -0.482 e. The first kappa shape index (κ1) is 12.4. The second-order valence-corrected chi connectivity index (χ2v) is 4.18. The number of rotatable bonds is 4. The lowest BCUT2D eigenvalue weighted by Crippen LogP contribution is -2.35. The van der Waals surface area contributed by atoms with Crippen LogP contribution in [0.2, 0.25) is 0 Å². The van der Waals surface area contributed by atoms with E-state index >= 15 is 0 Å². The van der Waals surface area contributed by atoms with Crippen LogP contribution in [0, 0.1) is 0 Å². The molecule has 0 radical (unpaired) electrons. The van der Waals surface area contributed by atoms with Crippen molar-refractivity contribution in [1.82, 2.24) is 0 Å². The van der Waals surface area contributed by atoms with Crippen LogP contribution in [0.3, 0.4) is 0 Å². The van der Waals surface area contributed by atoms with E-state index < -0.39 is 5.97 Å². The number of hydrogen-bond acceptors (Lipinski definition) is 3. The Hall–Kier alpha value is -2.04. The van der Waals surface area contributed by atoms with Gasteiger partial charge in [-0.2, -0.15) is 0 Å². The molecule has 96 valence electrons. The number of carboxylic acid groups (broad SMARTS) is 1. The van der Waals surface area contributed by atoms with E-state index in [4.69, 9.17) is 9.84 Å². The number of anilines is 1. The van der Waals surface area contributed by atoms with E-state index in [1.807, 2.05) is 0 Å². The molecule has 5 heteroatoms. The van der Waals surface area contributed by atoms with Crippen LogP contribution in [0.25, 0.3) is 0 Å². The van der Waals surface area contributed by atoms with Gasteiger partial charge in [0.1, 0.15) is 5.75 Å². The quantitative estimate of drug-likeness (QED) is 0.881. The fourth-order valence-electron chi connectivity index (χ4n) is 1.95. The topological polar surface area (TPSA) is 66.8 Å². The number of amides is 1. The van der Waals surface area contributed by atoms with E-state index in [0.717, 1.165) is 25.1 Å². The summed E-state index contributed by atoms with van der Waals surface area (Å²) in [6, 6.07) is 6.92. The lowest BCUT2D eigenvalue weighted by Gasteiger charge is -2.26. The van der Waals surface area contributed by atoms with Crippen molar-refractivity contribution in [2.75, 3.05) is 18.1 Å². The van der Waals surface area contributed by atoms with Crippen molar-refractivity contribution in [3.63, 3.8) is 0 Å². The molecule has 1 N–H and O–H groups in total. The van der Waals surface area contributed by atoms with Gasteiger partial charge >= 0.3 is 5.97 Å². The van der Waals surface area contributed by atoms with Crippen LogP contribution < -0.4 is 9.64 Å². The van der Waals surface area contributed by atoms with Crippen LogP contribution in [0.5, 0.6) is 5.75 Å².